The highest BCUT2D eigenvalue weighted by Crippen LogP contribution is 2.17. The van der Waals surface area contributed by atoms with E-state index in [0.29, 0.717) is 19.1 Å². The molecule has 2 aromatic rings. The minimum Gasteiger partial charge on any atom is -0.489 e. The van der Waals surface area contributed by atoms with Crippen molar-refractivity contribution in [2.75, 3.05) is 19.6 Å². The van der Waals surface area contributed by atoms with E-state index >= 15 is 0 Å². The molecule has 3 rings (SSSR count). The van der Waals surface area contributed by atoms with Gasteiger partial charge in [-0.05, 0) is 37.1 Å². The van der Waals surface area contributed by atoms with Crippen molar-refractivity contribution >= 4 is 18.3 Å². The lowest BCUT2D eigenvalue weighted by atomic mass is 10.1. The monoisotopic (exact) mass is 374 g/mol. The van der Waals surface area contributed by atoms with Gasteiger partial charge in [-0.15, -0.1) is 12.4 Å². The third kappa shape index (κ3) is 5.75. The fourth-order valence-corrected chi connectivity index (χ4v) is 3.16. The van der Waals surface area contributed by atoms with Gasteiger partial charge < -0.3 is 15.0 Å². The van der Waals surface area contributed by atoms with Gasteiger partial charge in [0.05, 0.1) is 6.42 Å². The summed E-state index contributed by atoms with van der Waals surface area (Å²) in [5.41, 5.74) is 3.37. The second-order valence-electron chi connectivity index (χ2n) is 6.80. The predicted octanol–water partition coefficient (Wildman–Crippen LogP) is 3.36. The average molecular weight is 375 g/mol. The van der Waals surface area contributed by atoms with E-state index in [1.54, 1.807) is 0 Å². The number of hydrogen-bond acceptors (Lipinski definition) is 3. The molecule has 1 aliphatic heterocycles. The molecule has 0 saturated carbocycles. The maximum Gasteiger partial charge on any atom is 0.227 e. The van der Waals surface area contributed by atoms with Gasteiger partial charge in [0.1, 0.15) is 12.4 Å². The van der Waals surface area contributed by atoms with Crippen molar-refractivity contribution < 1.29 is 9.53 Å². The Morgan fingerprint density at radius 1 is 1.19 bits per heavy atom. The first kappa shape index (κ1) is 20.3. The number of rotatable bonds is 5. The number of benzene rings is 2. The average Bonchev–Trinajstić information content (AvgIpc) is 2.60. The summed E-state index contributed by atoms with van der Waals surface area (Å²) in [6.45, 7) is 7.15. The lowest BCUT2D eigenvalue weighted by Gasteiger charge is -2.32. The summed E-state index contributed by atoms with van der Waals surface area (Å²) < 4.78 is 5.90. The predicted molar refractivity (Wildman–Crippen MR) is 107 cm³/mol. The molecule has 26 heavy (non-hydrogen) atoms. The van der Waals surface area contributed by atoms with Crippen LogP contribution in [-0.4, -0.2) is 36.5 Å². The standard InChI is InChI=1S/C21H26N2O2.ClH/c1-16-5-3-7-19(11-16)15-25-20-8-4-6-18(12-20)13-21(24)23-10-9-22-17(2)14-23;/h3-8,11-12,17,22H,9-10,13-15H2,1-2H3;1H. The molecule has 0 aliphatic carbocycles. The molecule has 1 amide bonds. The Morgan fingerprint density at radius 3 is 2.73 bits per heavy atom. The minimum atomic E-state index is 0. The van der Waals surface area contributed by atoms with Gasteiger partial charge in [-0.2, -0.15) is 0 Å². The SMILES string of the molecule is Cc1cccc(COc2cccc(CC(=O)N3CCNC(C)C3)c2)c1.Cl. The smallest absolute Gasteiger partial charge is 0.227 e. The molecule has 1 N–H and O–H groups in total. The number of aryl methyl sites for hydroxylation is 1. The van der Waals surface area contributed by atoms with Crippen LogP contribution in [0.1, 0.15) is 23.6 Å². The first-order valence-electron chi connectivity index (χ1n) is 8.88. The van der Waals surface area contributed by atoms with Crippen LogP contribution in [0.2, 0.25) is 0 Å². The topological polar surface area (TPSA) is 41.6 Å². The Balaban J connectivity index is 0.00000243. The summed E-state index contributed by atoms with van der Waals surface area (Å²) in [7, 11) is 0. The summed E-state index contributed by atoms with van der Waals surface area (Å²) in [4.78, 5) is 14.4. The van der Waals surface area contributed by atoms with Gasteiger partial charge in [-0.3, -0.25) is 4.79 Å². The van der Waals surface area contributed by atoms with E-state index in [2.05, 4.69) is 37.4 Å². The first-order valence-corrected chi connectivity index (χ1v) is 8.88. The van der Waals surface area contributed by atoms with Crippen LogP contribution in [0.3, 0.4) is 0 Å². The van der Waals surface area contributed by atoms with Crippen LogP contribution in [-0.2, 0) is 17.8 Å². The second-order valence-corrected chi connectivity index (χ2v) is 6.80. The number of hydrogen-bond donors (Lipinski definition) is 1. The molecule has 140 valence electrons. The molecule has 2 aromatic carbocycles. The lowest BCUT2D eigenvalue weighted by molar-refractivity contribution is -0.131. The summed E-state index contributed by atoms with van der Waals surface area (Å²) in [5.74, 6) is 0.990. The van der Waals surface area contributed by atoms with E-state index in [-0.39, 0.29) is 18.3 Å². The van der Waals surface area contributed by atoms with Crippen LogP contribution in [0.5, 0.6) is 5.75 Å². The summed E-state index contributed by atoms with van der Waals surface area (Å²) in [6, 6.07) is 16.5. The molecule has 1 fully saturated rings. The van der Waals surface area contributed by atoms with Gasteiger partial charge in [0.2, 0.25) is 5.91 Å². The van der Waals surface area contributed by atoms with Crippen molar-refractivity contribution in [3.05, 3.63) is 65.2 Å². The van der Waals surface area contributed by atoms with Crippen LogP contribution in [0, 0.1) is 6.92 Å². The van der Waals surface area contributed by atoms with Gasteiger partial charge in [0, 0.05) is 25.7 Å². The van der Waals surface area contributed by atoms with Crippen molar-refractivity contribution in [3.8, 4) is 5.75 Å². The number of nitrogens with one attached hydrogen (secondary N) is 1. The van der Waals surface area contributed by atoms with Crippen molar-refractivity contribution in [3.63, 3.8) is 0 Å². The van der Waals surface area contributed by atoms with E-state index < -0.39 is 0 Å². The highest BCUT2D eigenvalue weighted by Gasteiger charge is 2.20. The molecule has 1 unspecified atom stereocenters. The van der Waals surface area contributed by atoms with Crippen molar-refractivity contribution in [1.29, 1.82) is 0 Å². The highest BCUT2D eigenvalue weighted by molar-refractivity contribution is 5.85. The molecule has 1 atom stereocenters. The van der Waals surface area contributed by atoms with E-state index in [9.17, 15) is 4.79 Å². The number of halogens is 1. The van der Waals surface area contributed by atoms with Crippen LogP contribution < -0.4 is 10.1 Å². The number of amides is 1. The second kappa shape index (κ2) is 9.60. The zero-order chi connectivity index (χ0) is 17.6. The van der Waals surface area contributed by atoms with Gasteiger partial charge in [-0.1, -0.05) is 42.0 Å². The van der Waals surface area contributed by atoms with Crippen molar-refractivity contribution in [1.82, 2.24) is 10.2 Å². The van der Waals surface area contributed by atoms with E-state index in [0.717, 1.165) is 36.5 Å². The molecular formula is C21H27ClN2O2. The van der Waals surface area contributed by atoms with Gasteiger partial charge in [0.15, 0.2) is 0 Å². The Hall–Kier alpha value is -2.04. The molecule has 4 nitrogen and oxygen atoms in total. The van der Waals surface area contributed by atoms with E-state index in [1.165, 1.54) is 5.56 Å². The molecule has 1 aliphatic rings. The first-order chi connectivity index (χ1) is 12.1. The molecule has 5 heteroatoms. The Morgan fingerprint density at radius 2 is 1.96 bits per heavy atom. The Kier molecular flexibility index (Phi) is 7.49. The zero-order valence-electron chi connectivity index (χ0n) is 15.4. The van der Waals surface area contributed by atoms with Crippen molar-refractivity contribution in [2.24, 2.45) is 0 Å². The largest absolute Gasteiger partial charge is 0.489 e. The summed E-state index contributed by atoms with van der Waals surface area (Å²) in [6.07, 6.45) is 0.425. The van der Waals surface area contributed by atoms with Gasteiger partial charge in [-0.25, -0.2) is 0 Å². The third-order valence-electron chi connectivity index (χ3n) is 4.46. The fraction of sp³-hybridized carbons (Fsp3) is 0.381. The Labute approximate surface area is 162 Å². The minimum absolute atomic E-state index is 0. The normalized spacial score (nSPS) is 16.7. The molecule has 1 saturated heterocycles. The van der Waals surface area contributed by atoms with Crippen LogP contribution in [0.25, 0.3) is 0 Å². The van der Waals surface area contributed by atoms with Crippen LogP contribution >= 0.6 is 12.4 Å². The molecule has 0 bridgehead atoms. The zero-order valence-corrected chi connectivity index (χ0v) is 16.2. The maximum atomic E-state index is 12.5. The van der Waals surface area contributed by atoms with E-state index in [1.807, 2.05) is 35.2 Å². The van der Waals surface area contributed by atoms with Crippen molar-refractivity contribution in [2.45, 2.75) is 32.9 Å². The number of carbonyl (C=O) groups is 1. The van der Waals surface area contributed by atoms with Gasteiger partial charge >= 0.3 is 0 Å². The molecule has 1 heterocycles. The van der Waals surface area contributed by atoms with Gasteiger partial charge in [0.25, 0.3) is 0 Å². The summed E-state index contributed by atoms with van der Waals surface area (Å²) in [5, 5.41) is 3.36. The quantitative estimate of drug-likeness (QED) is 0.872. The lowest BCUT2D eigenvalue weighted by Crippen LogP contribution is -2.51. The molecule has 0 radical (unpaired) electrons. The number of ether oxygens (including phenoxy) is 1. The number of nitrogens with zero attached hydrogens (tertiary/aromatic N) is 1. The number of carbonyl (C=O) groups excluding carboxylic acids is 1. The Bertz CT molecular complexity index is 735. The maximum absolute atomic E-state index is 12.5. The summed E-state index contributed by atoms with van der Waals surface area (Å²) >= 11 is 0. The molecule has 0 aromatic heterocycles. The fourth-order valence-electron chi connectivity index (χ4n) is 3.16. The van der Waals surface area contributed by atoms with Crippen LogP contribution in [0.15, 0.2) is 48.5 Å². The van der Waals surface area contributed by atoms with E-state index in [4.69, 9.17) is 4.74 Å². The van der Waals surface area contributed by atoms with Crippen LogP contribution in [0.4, 0.5) is 0 Å². The molecule has 0 spiro atoms. The number of piperazine rings is 1. The highest BCUT2D eigenvalue weighted by atomic mass is 35.5. The molecular weight excluding hydrogens is 348 g/mol. The third-order valence-corrected chi connectivity index (χ3v) is 4.46.